The second-order valence-electron chi connectivity index (χ2n) is 15.1. The maximum atomic E-state index is 11.9. The van der Waals surface area contributed by atoms with Crippen molar-refractivity contribution >= 4 is 12.2 Å². The average molecular weight is 498 g/mol. The zero-order valence-corrected chi connectivity index (χ0v) is 24.0. The van der Waals surface area contributed by atoms with Gasteiger partial charge in [0.05, 0.1) is 6.21 Å². The summed E-state index contributed by atoms with van der Waals surface area (Å²) in [5.74, 6) is 2.89. The van der Waals surface area contributed by atoms with E-state index in [0.717, 1.165) is 19.3 Å². The Kier molecular flexibility index (Phi) is 6.09. The zero-order valence-electron chi connectivity index (χ0n) is 24.0. The Morgan fingerprint density at radius 3 is 2.25 bits per heavy atom. The molecular weight excluding hydrogens is 446 g/mol. The second kappa shape index (κ2) is 8.34. The number of esters is 1. The molecule has 1 N–H and O–H groups in total. The first kappa shape index (κ1) is 26.3. The third-order valence-electron chi connectivity index (χ3n) is 13.7. The lowest BCUT2D eigenvalue weighted by atomic mass is 9.32. The van der Waals surface area contributed by atoms with Crippen LogP contribution < -0.4 is 0 Å². The van der Waals surface area contributed by atoms with Crippen LogP contribution in [0.15, 0.2) is 17.3 Å². The van der Waals surface area contributed by atoms with Crippen LogP contribution in [-0.2, 0) is 9.53 Å². The van der Waals surface area contributed by atoms with Crippen LogP contribution in [0.5, 0.6) is 0 Å². The van der Waals surface area contributed by atoms with Gasteiger partial charge in [-0.05, 0) is 117 Å². The molecule has 0 aromatic rings. The van der Waals surface area contributed by atoms with Crippen molar-refractivity contribution < 1.29 is 14.7 Å². The third kappa shape index (κ3) is 3.30. The quantitative estimate of drug-likeness (QED) is 0.141. The second-order valence-corrected chi connectivity index (χ2v) is 15.1. The highest BCUT2D eigenvalue weighted by Gasteiger charge is 2.71. The van der Waals surface area contributed by atoms with Gasteiger partial charge in [0.1, 0.15) is 6.10 Å². The van der Waals surface area contributed by atoms with Gasteiger partial charge in [-0.15, -0.1) is 5.16 Å². The summed E-state index contributed by atoms with van der Waals surface area (Å²) >= 11 is 0. The minimum atomic E-state index is -0.133. The van der Waals surface area contributed by atoms with Crippen molar-refractivity contribution in [3.05, 3.63) is 12.2 Å². The molecule has 0 unspecified atom stereocenters. The molecule has 4 nitrogen and oxygen atoms in total. The molecule has 0 bridgehead atoms. The lowest BCUT2D eigenvalue weighted by molar-refractivity contribution is -0.246. The van der Waals surface area contributed by atoms with Crippen LogP contribution in [0.4, 0.5) is 0 Å². The molecule has 5 saturated carbocycles. The Labute approximate surface area is 219 Å². The van der Waals surface area contributed by atoms with Gasteiger partial charge in [0, 0.05) is 17.8 Å². The molecule has 0 amide bonds. The van der Waals surface area contributed by atoms with Crippen LogP contribution in [-0.4, -0.2) is 23.5 Å². The monoisotopic (exact) mass is 497 g/mol. The summed E-state index contributed by atoms with van der Waals surface area (Å²) in [7, 11) is 0. The highest BCUT2D eigenvalue weighted by Crippen LogP contribution is 2.77. The van der Waals surface area contributed by atoms with Gasteiger partial charge in [-0.3, -0.25) is 4.79 Å². The van der Waals surface area contributed by atoms with E-state index in [1.54, 1.807) is 6.92 Å². The first-order valence-electron chi connectivity index (χ1n) is 14.8. The lowest BCUT2D eigenvalue weighted by Crippen LogP contribution is -2.66. The summed E-state index contributed by atoms with van der Waals surface area (Å²) in [4.78, 5) is 11.9. The normalized spacial score (nSPS) is 51.5. The largest absolute Gasteiger partial charge is 0.462 e. The van der Waals surface area contributed by atoms with Gasteiger partial charge in [-0.25, -0.2) is 0 Å². The Balaban J connectivity index is 1.52. The van der Waals surface area contributed by atoms with Crippen LogP contribution in [0.3, 0.4) is 0 Å². The van der Waals surface area contributed by atoms with E-state index in [1.165, 1.54) is 50.5 Å². The summed E-state index contributed by atoms with van der Waals surface area (Å²) in [6.07, 6.45) is 13.9. The number of hydrogen-bond acceptors (Lipinski definition) is 4. The number of ether oxygens (including phenoxy) is 1. The zero-order chi connectivity index (χ0) is 26.3. The van der Waals surface area contributed by atoms with E-state index >= 15 is 0 Å². The summed E-state index contributed by atoms with van der Waals surface area (Å²) < 4.78 is 5.90. The summed E-state index contributed by atoms with van der Waals surface area (Å²) in [5.41, 5.74) is 2.24. The molecule has 0 saturated heterocycles. The molecule has 5 fully saturated rings. The van der Waals surface area contributed by atoms with Crippen LogP contribution in [0, 0.1) is 56.7 Å². The standard InChI is InChI=1S/C32H51NO3/c1-20(2)22-11-16-32(19-33-35)18-17-30(7)23(27(22)32)9-10-25-29(6)14-13-26(36-21(3)34)28(4,5)24(29)12-15-31(25,30)8/h19,22-27,35H,1,9-18H2,2-8H3/b33-19+/t22-,23-,24-,25+,26-,27-,29-,30+,31+,32-/m0/s1. The Morgan fingerprint density at radius 2 is 1.61 bits per heavy atom. The van der Waals surface area contributed by atoms with Crippen molar-refractivity contribution in [3.8, 4) is 0 Å². The predicted octanol–water partition coefficient (Wildman–Crippen LogP) is 8.04. The van der Waals surface area contributed by atoms with E-state index < -0.39 is 0 Å². The van der Waals surface area contributed by atoms with Crippen molar-refractivity contribution in [2.45, 2.75) is 119 Å². The fourth-order valence-electron chi connectivity index (χ4n) is 11.9. The van der Waals surface area contributed by atoms with E-state index in [4.69, 9.17) is 4.74 Å². The van der Waals surface area contributed by atoms with Crippen molar-refractivity contribution in [3.63, 3.8) is 0 Å². The number of hydrogen-bond donors (Lipinski definition) is 1. The Morgan fingerprint density at radius 1 is 0.889 bits per heavy atom. The molecule has 0 spiro atoms. The number of rotatable bonds is 3. The Hall–Kier alpha value is -1.32. The van der Waals surface area contributed by atoms with E-state index in [2.05, 4.69) is 53.3 Å². The molecule has 36 heavy (non-hydrogen) atoms. The maximum absolute atomic E-state index is 11.9. The maximum Gasteiger partial charge on any atom is 0.302 e. The van der Waals surface area contributed by atoms with Gasteiger partial charge in [-0.1, -0.05) is 46.8 Å². The number of fused-ring (bicyclic) bond motifs is 7. The molecule has 10 atom stereocenters. The topological polar surface area (TPSA) is 58.9 Å². The van der Waals surface area contributed by atoms with E-state index in [1.807, 2.05) is 6.21 Å². The van der Waals surface area contributed by atoms with Crippen molar-refractivity contribution in [1.29, 1.82) is 0 Å². The minimum Gasteiger partial charge on any atom is -0.462 e. The summed E-state index contributed by atoms with van der Waals surface area (Å²) in [6.45, 7) is 20.9. The molecule has 0 heterocycles. The van der Waals surface area contributed by atoms with Crippen LogP contribution in [0.1, 0.15) is 113 Å². The molecule has 0 aliphatic heterocycles. The van der Waals surface area contributed by atoms with Gasteiger partial charge in [0.25, 0.3) is 0 Å². The van der Waals surface area contributed by atoms with Crippen molar-refractivity contribution in [1.82, 2.24) is 0 Å². The smallest absolute Gasteiger partial charge is 0.302 e. The summed E-state index contributed by atoms with van der Waals surface area (Å²) in [6, 6.07) is 0. The van der Waals surface area contributed by atoms with Gasteiger partial charge in [0.2, 0.25) is 0 Å². The van der Waals surface area contributed by atoms with Gasteiger partial charge >= 0.3 is 5.97 Å². The number of allylic oxidation sites excluding steroid dienone is 1. The first-order valence-corrected chi connectivity index (χ1v) is 14.8. The number of oxime groups is 1. The fourth-order valence-corrected chi connectivity index (χ4v) is 11.9. The van der Waals surface area contributed by atoms with E-state index in [0.29, 0.717) is 35.0 Å². The Bertz CT molecular complexity index is 955. The fraction of sp³-hybridized carbons (Fsp3) is 0.875. The van der Waals surface area contributed by atoms with Gasteiger partial charge < -0.3 is 9.94 Å². The molecule has 0 aromatic carbocycles. The molecule has 0 radical (unpaired) electrons. The average Bonchev–Trinajstić information content (AvgIpc) is 3.16. The minimum absolute atomic E-state index is 0.00750. The van der Waals surface area contributed by atoms with Crippen molar-refractivity contribution in [2.75, 3.05) is 0 Å². The van der Waals surface area contributed by atoms with Crippen LogP contribution in [0.25, 0.3) is 0 Å². The van der Waals surface area contributed by atoms with E-state index in [-0.39, 0.29) is 33.7 Å². The molecule has 5 aliphatic carbocycles. The predicted molar refractivity (Wildman–Crippen MR) is 145 cm³/mol. The first-order chi connectivity index (χ1) is 16.8. The molecule has 5 rings (SSSR count). The number of carbonyl (C=O) groups excluding carboxylic acids is 1. The number of nitrogens with zero attached hydrogens (tertiary/aromatic N) is 1. The third-order valence-corrected chi connectivity index (χ3v) is 13.7. The van der Waals surface area contributed by atoms with Gasteiger partial charge in [-0.2, -0.15) is 0 Å². The molecule has 5 aliphatic rings. The SMILES string of the molecule is C=C(C)[C@@H]1CC[C@@]2(/C=N/O)CC[C@]3(C)[C@@H](CC[C@@H]4[C@@]5(C)CC[C@H](OC(C)=O)C(C)(C)[C@@H]5CC[C@]43C)[C@H]12. The molecular formula is C32H51NO3. The van der Waals surface area contributed by atoms with E-state index in [9.17, 15) is 10.0 Å². The van der Waals surface area contributed by atoms with Crippen LogP contribution >= 0.6 is 0 Å². The highest BCUT2D eigenvalue weighted by atomic mass is 16.5. The highest BCUT2D eigenvalue weighted by molar-refractivity contribution is 5.67. The van der Waals surface area contributed by atoms with Crippen LogP contribution in [0.2, 0.25) is 0 Å². The lowest BCUT2D eigenvalue weighted by Gasteiger charge is -2.72. The van der Waals surface area contributed by atoms with Crippen molar-refractivity contribution in [2.24, 2.45) is 61.8 Å². The molecule has 4 heteroatoms. The molecule has 202 valence electrons. The van der Waals surface area contributed by atoms with Gasteiger partial charge in [0.15, 0.2) is 0 Å². The number of carbonyl (C=O) groups is 1. The summed E-state index contributed by atoms with van der Waals surface area (Å²) in [5, 5.41) is 13.4. The molecule has 0 aromatic heterocycles.